The lowest BCUT2D eigenvalue weighted by Crippen LogP contribution is -2.26. The predicted octanol–water partition coefficient (Wildman–Crippen LogP) is 0.425. The molecule has 0 saturated carbocycles. The molecule has 0 saturated heterocycles. The minimum absolute atomic E-state index is 0.0603. The zero-order chi connectivity index (χ0) is 9.56. The van der Waals surface area contributed by atoms with E-state index in [-0.39, 0.29) is 6.04 Å². The van der Waals surface area contributed by atoms with Gasteiger partial charge in [0.2, 0.25) is 6.29 Å². The van der Waals surface area contributed by atoms with Crippen LogP contribution in [0.25, 0.3) is 0 Å². The van der Waals surface area contributed by atoms with Gasteiger partial charge in [0.05, 0.1) is 6.61 Å². The summed E-state index contributed by atoms with van der Waals surface area (Å²) >= 11 is 0. The molecule has 0 radical (unpaired) electrons. The molecule has 0 aromatic rings. The topological polar surface area (TPSA) is 61.5 Å². The van der Waals surface area contributed by atoms with Crippen LogP contribution in [0.4, 0.5) is 0 Å². The Morgan fingerprint density at radius 1 is 1.67 bits per heavy atom. The van der Waals surface area contributed by atoms with Crippen LogP contribution in [-0.4, -0.2) is 24.9 Å². The Labute approximate surface area is 72.3 Å². The van der Waals surface area contributed by atoms with Crippen LogP contribution in [-0.2, 0) is 14.3 Å². The van der Waals surface area contributed by atoms with Crippen molar-refractivity contribution in [3.63, 3.8) is 0 Å². The van der Waals surface area contributed by atoms with Gasteiger partial charge in [-0.25, -0.2) is 4.79 Å². The first kappa shape index (κ1) is 11.1. The van der Waals surface area contributed by atoms with Gasteiger partial charge in [-0.2, -0.15) is 0 Å². The van der Waals surface area contributed by atoms with E-state index >= 15 is 0 Å². The summed E-state index contributed by atoms with van der Waals surface area (Å²) in [6.07, 6.45) is 0.521. The second-order valence-corrected chi connectivity index (χ2v) is 2.52. The number of carbonyl (C=O) groups excluding carboxylic acids is 1. The fourth-order valence-electron chi connectivity index (χ4n) is 0.533. The number of hydrogen-bond donors (Lipinski definition) is 1. The molecule has 0 bridgehead atoms. The monoisotopic (exact) mass is 173 g/mol. The summed E-state index contributed by atoms with van der Waals surface area (Å²) in [5, 5.41) is 0. The van der Waals surface area contributed by atoms with Crippen LogP contribution in [0.3, 0.4) is 0 Å². The van der Waals surface area contributed by atoms with Gasteiger partial charge >= 0.3 is 5.97 Å². The van der Waals surface area contributed by atoms with E-state index in [1.807, 2.05) is 6.92 Å². The maximum absolute atomic E-state index is 10.6. The fourth-order valence-corrected chi connectivity index (χ4v) is 0.533. The molecular weight excluding hydrogens is 158 g/mol. The van der Waals surface area contributed by atoms with E-state index in [9.17, 15) is 4.79 Å². The van der Waals surface area contributed by atoms with Gasteiger partial charge in [-0.1, -0.05) is 6.58 Å². The van der Waals surface area contributed by atoms with Crippen molar-refractivity contribution in [2.45, 2.75) is 26.2 Å². The van der Waals surface area contributed by atoms with Crippen molar-refractivity contribution >= 4 is 5.97 Å². The molecule has 0 aromatic carbocycles. The highest BCUT2D eigenvalue weighted by Crippen LogP contribution is 1.95. The first-order valence-corrected chi connectivity index (χ1v) is 3.76. The molecule has 0 fully saturated rings. The quantitative estimate of drug-likeness (QED) is 0.372. The zero-order valence-electron chi connectivity index (χ0n) is 7.45. The Hall–Kier alpha value is -0.870. The van der Waals surface area contributed by atoms with E-state index in [2.05, 4.69) is 6.58 Å². The van der Waals surface area contributed by atoms with Crippen LogP contribution in [0.1, 0.15) is 13.8 Å². The van der Waals surface area contributed by atoms with E-state index in [1.165, 1.54) is 0 Å². The van der Waals surface area contributed by atoms with Crippen molar-refractivity contribution in [2.24, 2.45) is 5.73 Å². The van der Waals surface area contributed by atoms with E-state index in [4.69, 9.17) is 15.2 Å². The predicted molar refractivity (Wildman–Crippen MR) is 45.4 cm³/mol. The number of hydrogen-bond acceptors (Lipinski definition) is 4. The Kier molecular flexibility index (Phi) is 5.32. The molecule has 70 valence electrons. The van der Waals surface area contributed by atoms with Gasteiger partial charge in [0.1, 0.15) is 0 Å². The van der Waals surface area contributed by atoms with Gasteiger partial charge in [-0.3, -0.25) is 0 Å². The highest BCUT2D eigenvalue weighted by Gasteiger charge is 2.06. The highest BCUT2D eigenvalue weighted by atomic mass is 16.7. The Morgan fingerprint density at radius 3 is 2.67 bits per heavy atom. The first-order valence-electron chi connectivity index (χ1n) is 3.76. The average molecular weight is 173 g/mol. The molecular formula is C8H15NO3. The summed E-state index contributed by atoms with van der Waals surface area (Å²) in [6.45, 7) is 7.06. The van der Waals surface area contributed by atoms with Crippen molar-refractivity contribution in [3.8, 4) is 0 Å². The number of carbonyl (C=O) groups is 1. The van der Waals surface area contributed by atoms with Crippen LogP contribution in [0.5, 0.6) is 0 Å². The third-order valence-corrected chi connectivity index (χ3v) is 1.04. The summed E-state index contributed by atoms with van der Waals surface area (Å²) in [5.41, 5.74) is 5.42. The lowest BCUT2D eigenvalue weighted by atomic mass is 10.4. The minimum atomic E-state index is -0.568. The van der Waals surface area contributed by atoms with Crippen LogP contribution >= 0.6 is 0 Å². The zero-order valence-corrected chi connectivity index (χ0v) is 7.45. The Balaban J connectivity index is 3.52. The maximum Gasteiger partial charge on any atom is 0.332 e. The van der Waals surface area contributed by atoms with Crippen molar-refractivity contribution in [2.75, 3.05) is 6.61 Å². The molecule has 0 aliphatic heterocycles. The molecule has 0 aromatic heterocycles. The maximum atomic E-state index is 10.6. The van der Waals surface area contributed by atoms with E-state index in [0.29, 0.717) is 6.61 Å². The summed E-state index contributed by atoms with van der Waals surface area (Å²) in [6, 6.07) is -0.0603. The second kappa shape index (κ2) is 5.74. The van der Waals surface area contributed by atoms with Crippen molar-refractivity contribution in [1.82, 2.24) is 0 Å². The van der Waals surface area contributed by atoms with Crippen molar-refractivity contribution < 1.29 is 14.3 Å². The third-order valence-electron chi connectivity index (χ3n) is 1.04. The van der Waals surface area contributed by atoms with E-state index < -0.39 is 12.3 Å². The number of ether oxygens (including phenoxy) is 2. The molecule has 2 N–H and O–H groups in total. The average Bonchev–Trinajstić information content (AvgIpc) is 2.00. The molecule has 2 unspecified atom stereocenters. The lowest BCUT2D eigenvalue weighted by Gasteiger charge is -2.14. The van der Waals surface area contributed by atoms with Crippen LogP contribution in [0.15, 0.2) is 12.7 Å². The van der Waals surface area contributed by atoms with Gasteiger partial charge < -0.3 is 15.2 Å². The SMILES string of the molecule is C=CC(=O)OC(C)OCC(C)N. The van der Waals surface area contributed by atoms with Crippen LogP contribution < -0.4 is 5.73 Å². The molecule has 0 heterocycles. The summed E-state index contributed by atoms with van der Waals surface area (Å²) in [4.78, 5) is 10.6. The highest BCUT2D eigenvalue weighted by molar-refractivity contribution is 5.81. The molecule has 12 heavy (non-hydrogen) atoms. The number of nitrogens with two attached hydrogens (primary N) is 1. The second-order valence-electron chi connectivity index (χ2n) is 2.52. The van der Waals surface area contributed by atoms with Crippen LogP contribution in [0.2, 0.25) is 0 Å². The third kappa shape index (κ3) is 5.88. The Bertz CT molecular complexity index is 156. The minimum Gasteiger partial charge on any atom is -0.433 e. The van der Waals surface area contributed by atoms with E-state index in [1.54, 1.807) is 6.92 Å². The number of rotatable bonds is 5. The molecule has 0 aliphatic carbocycles. The van der Waals surface area contributed by atoms with Gasteiger partial charge in [-0.05, 0) is 13.8 Å². The standard InChI is InChI=1S/C8H15NO3/c1-4-8(10)12-7(3)11-5-6(2)9/h4,6-7H,1,5,9H2,2-3H3. The molecule has 2 atom stereocenters. The van der Waals surface area contributed by atoms with Gasteiger partial charge in [0.15, 0.2) is 0 Å². The smallest absolute Gasteiger partial charge is 0.332 e. The molecule has 0 spiro atoms. The van der Waals surface area contributed by atoms with Gasteiger partial charge in [0, 0.05) is 12.1 Å². The van der Waals surface area contributed by atoms with Crippen molar-refractivity contribution in [3.05, 3.63) is 12.7 Å². The molecule has 4 nitrogen and oxygen atoms in total. The normalized spacial score (nSPS) is 14.9. The summed E-state index contributed by atoms with van der Waals surface area (Å²) in [5.74, 6) is -0.493. The van der Waals surface area contributed by atoms with Crippen molar-refractivity contribution in [1.29, 1.82) is 0 Å². The van der Waals surface area contributed by atoms with Crippen LogP contribution in [0, 0.1) is 0 Å². The largest absolute Gasteiger partial charge is 0.433 e. The molecule has 0 aliphatic rings. The molecule has 0 amide bonds. The van der Waals surface area contributed by atoms with Gasteiger partial charge in [0.25, 0.3) is 0 Å². The first-order chi connectivity index (χ1) is 5.56. The van der Waals surface area contributed by atoms with E-state index in [0.717, 1.165) is 6.08 Å². The fraction of sp³-hybridized carbons (Fsp3) is 0.625. The molecule has 0 rings (SSSR count). The molecule has 4 heteroatoms. The number of esters is 1. The Morgan fingerprint density at radius 2 is 2.25 bits per heavy atom. The summed E-state index contributed by atoms with van der Waals surface area (Å²) < 4.78 is 9.78. The van der Waals surface area contributed by atoms with Gasteiger partial charge in [-0.15, -0.1) is 0 Å². The lowest BCUT2D eigenvalue weighted by molar-refractivity contribution is -0.169. The summed E-state index contributed by atoms with van der Waals surface area (Å²) in [7, 11) is 0.